The number of halogens is 4. The number of likely N-dealkylation sites (tertiary alicyclic amines) is 1. The van der Waals surface area contributed by atoms with Crippen LogP contribution in [-0.4, -0.2) is 43.7 Å². The van der Waals surface area contributed by atoms with Crippen molar-refractivity contribution < 1.29 is 18.0 Å². The zero-order valence-electron chi connectivity index (χ0n) is 15.9. The van der Waals surface area contributed by atoms with Crippen LogP contribution in [0.2, 0.25) is 5.02 Å². The molecule has 1 saturated heterocycles. The lowest BCUT2D eigenvalue weighted by molar-refractivity contribution is -0.137. The fourth-order valence-electron chi connectivity index (χ4n) is 3.05. The lowest BCUT2D eigenvalue weighted by Crippen LogP contribution is -2.43. The second kappa shape index (κ2) is 7.33. The van der Waals surface area contributed by atoms with E-state index in [2.05, 4.69) is 15.4 Å². The number of amides is 1. The molecule has 29 heavy (non-hydrogen) atoms. The zero-order chi connectivity index (χ0) is 21.6. The SMILES string of the molecule is CC(C)(C)N1CC(Nc2cnn(-c3ccc(C(F)(F)F)cn3)c(=O)c2Cl)CC1=O. The fourth-order valence-corrected chi connectivity index (χ4v) is 3.23. The Bertz CT molecular complexity index is 983. The Morgan fingerprint density at radius 3 is 2.38 bits per heavy atom. The normalized spacial score (nSPS) is 17.7. The Balaban J connectivity index is 1.82. The first-order chi connectivity index (χ1) is 13.4. The van der Waals surface area contributed by atoms with Crippen molar-refractivity contribution in [3.05, 3.63) is 45.5 Å². The molecule has 3 rings (SSSR count). The fraction of sp³-hybridized carbons (Fsp3) is 0.444. The predicted molar refractivity (Wildman–Crippen MR) is 101 cm³/mol. The minimum absolute atomic E-state index is 0.0126. The number of alkyl halides is 3. The molecule has 3 heterocycles. The van der Waals surface area contributed by atoms with Gasteiger partial charge in [0.2, 0.25) is 5.91 Å². The molecule has 0 bridgehead atoms. The number of rotatable bonds is 3. The third-order valence-corrected chi connectivity index (χ3v) is 4.87. The lowest BCUT2D eigenvalue weighted by Gasteiger charge is -2.32. The maximum Gasteiger partial charge on any atom is 0.417 e. The van der Waals surface area contributed by atoms with Gasteiger partial charge in [-0.1, -0.05) is 11.6 Å². The molecule has 11 heteroatoms. The van der Waals surface area contributed by atoms with Crippen LogP contribution in [0, 0.1) is 0 Å². The van der Waals surface area contributed by atoms with Crippen molar-refractivity contribution in [1.29, 1.82) is 0 Å². The second-order valence-electron chi connectivity index (χ2n) is 7.71. The average Bonchev–Trinajstić information content (AvgIpc) is 2.99. The van der Waals surface area contributed by atoms with Crippen molar-refractivity contribution in [2.24, 2.45) is 0 Å². The Morgan fingerprint density at radius 1 is 1.17 bits per heavy atom. The molecule has 2 aromatic heterocycles. The molecule has 0 saturated carbocycles. The summed E-state index contributed by atoms with van der Waals surface area (Å²) in [5.74, 6) is -0.104. The van der Waals surface area contributed by atoms with Gasteiger partial charge in [0.25, 0.3) is 5.56 Å². The van der Waals surface area contributed by atoms with E-state index in [1.807, 2.05) is 20.8 Å². The highest BCUT2D eigenvalue weighted by Gasteiger charge is 2.36. The second-order valence-corrected chi connectivity index (χ2v) is 8.09. The Kier molecular flexibility index (Phi) is 5.33. The Morgan fingerprint density at radius 2 is 1.86 bits per heavy atom. The first-order valence-electron chi connectivity index (χ1n) is 8.76. The molecule has 1 amide bonds. The van der Waals surface area contributed by atoms with Gasteiger partial charge >= 0.3 is 6.18 Å². The highest BCUT2D eigenvalue weighted by molar-refractivity contribution is 6.33. The number of carbonyl (C=O) groups is 1. The van der Waals surface area contributed by atoms with Gasteiger partial charge in [-0.25, -0.2) is 4.98 Å². The summed E-state index contributed by atoms with van der Waals surface area (Å²) in [7, 11) is 0. The van der Waals surface area contributed by atoms with Crippen LogP contribution in [0.25, 0.3) is 5.82 Å². The number of aromatic nitrogens is 3. The van der Waals surface area contributed by atoms with Crippen LogP contribution >= 0.6 is 11.6 Å². The molecule has 1 unspecified atom stereocenters. The van der Waals surface area contributed by atoms with Gasteiger partial charge in [0.1, 0.15) is 5.02 Å². The molecule has 156 valence electrons. The summed E-state index contributed by atoms with van der Waals surface area (Å²) in [6.45, 7) is 6.24. The van der Waals surface area contributed by atoms with Gasteiger partial charge in [0.05, 0.1) is 23.5 Å². The number of nitrogens with one attached hydrogen (secondary N) is 1. The first-order valence-corrected chi connectivity index (χ1v) is 9.14. The molecule has 1 atom stereocenters. The third-order valence-electron chi connectivity index (χ3n) is 4.51. The van der Waals surface area contributed by atoms with Crippen molar-refractivity contribution >= 4 is 23.2 Å². The summed E-state index contributed by atoms with van der Waals surface area (Å²) in [5.41, 5.74) is -1.75. The van der Waals surface area contributed by atoms with E-state index in [4.69, 9.17) is 11.6 Å². The molecule has 0 aliphatic carbocycles. The Labute approximate surface area is 169 Å². The van der Waals surface area contributed by atoms with Gasteiger partial charge < -0.3 is 10.2 Å². The molecule has 1 fully saturated rings. The maximum absolute atomic E-state index is 12.7. The van der Waals surface area contributed by atoms with Crippen molar-refractivity contribution in [3.8, 4) is 5.82 Å². The van der Waals surface area contributed by atoms with Crippen LogP contribution in [0.3, 0.4) is 0 Å². The van der Waals surface area contributed by atoms with Gasteiger partial charge in [0, 0.05) is 24.7 Å². The zero-order valence-corrected chi connectivity index (χ0v) is 16.7. The number of anilines is 1. The van der Waals surface area contributed by atoms with E-state index in [0.717, 1.165) is 16.8 Å². The van der Waals surface area contributed by atoms with E-state index in [1.165, 1.54) is 6.20 Å². The predicted octanol–water partition coefficient (Wildman–Crippen LogP) is 3.11. The highest BCUT2D eigenvalue weighted by Crippen LogP contribution is 2.29. The molecule has 1 aliphatic heterocycles. The van der Waals surface area contributed by atoms with Crippen molar-refractivity contribution in [2.75, 3.05) is 11.9 Å². The molecule has 2 aromatic rings. The Hall–Kier alpha value is -2.62. The van der Waals surface area contributed by atoms with Crippen LogP contribution in [0.5, 0.6) is 0 Å². The van der Waals surface area contributed by atoms with Gasteiger partial charge in [-0.2, -0.15) is 23.0 Å². The van der Waals surface area contributed by atoms with E-state index in [9.17, 15) is 22.8 Å². The largest absolute Gasteiger partial charge is 0.417 e. The number of hydrogen-bond donors (Lipinski definition) is 1. The molecule has 0 aromatic carbocycles. The topological polar surface area (TPSA) is 80.1 Å². The standard InChI is InChI=1S/C18H19ClF3N5O2/c1-17(2,3)26-9-11(6-14(26)28)25-12-8-24-27(16(29)15(12)19)13-5-4-10(7-23-13)18(20,21)22/h4-5,7-8,11,25H,6,9H2,1-3H3. The smallest absolute Gasteiger partial charge is 0.377 e. The van der Waals surface area contributed by atoms with E-state index >= 15 is 0 Å². The highest BCUT2D eigenvalue weighted by atomic mass is 35.5. The van der Waals surface area contributed by atoms with Crippen LogP contribution < -0.4 is 10.9 Å². The molecule has 1 N–H and O–H groups in total. The summed E-state index contributed by atoms with van der Waals surface area (Å²) in [6, 6.07) is 1.60. The van der Waals surface area contributed by atoms with Crippen LogP contribution in [0.15, 0.2) is 29.3 Å². The van der Waals surface area contributed by atoms with Gasteiger partial charge in [-0.05, 0) is 32.9 Å². The molecule has 1 aliphatic rings. The van der Waals surface area contributed by atoms with Crippen LogP contribution in [-0.2, 0) is 11.0 Å². The van der Waals surface area contributed by atoms with Crippen molar-refractivity contribution in [1.82, 2.24) is 19.7 Å². The average molecular weight is 430 g/mol. The number of carbonyl (C=O) groups excluding carboxylic acids is 1. The summed E-state index contributed by atoms with van der Waals surface area (Å²) in [5, 5.41) is 6.80. The summed E-state index contributed by atoms with van der Waals surface area (Å²) < 4.78 is 38.8. The molecule has 0 radical (unpaired) electrons. The molecular formula is C18H19ClF3N5O2. The first kappa shape index (κ1) is 21.1. The molecule has 0 spiro atoms. The third kappa shape index (κ3) is 4.36. The summed E-state index contributed by atoms with van der Waals surface area (Å²) >= 11 is 6.15. The minimum Gasteiger partial charge on any atom is -0.377 e. The van der Waals surface area contributed by atoms with Crippen molar-refractivity contribution in [2.45, 2.75) is 44.9 Å². The number of hydrogen-bond acceptors (Lipinski definition) is 5. The van der Waals surface area contributed by atoms with E-state index in [0.29, 0.717) is 12.7 Å². The maximum atomic E-state index is 12.7. The number of pyridine rings is 1. The van der Waals surface area contributed by atoms with E-state index < -0.39 is 17.3 Å². The number of nitrogens with zero attached hydrogens (tertiary/aromatic N) is 4. The monoisotopic (exact) mass is 429 g/mol. The lowest BCUT2D eigenvalue weighted by atomic mass is 10.1. The van der Waals surface area contributed by atoms with Gasteiger partial charge in [-0.15, -0.1) is 0 Å². The molecule has 7 nitrogen and oxygen atoms in total. The van der Waals surface area contributed by atoms with Gasteiger partial charge in [0.15, 0.2) is 5.82 Å². The quantitative estimate of drug-likeness (QED) is 0.811. The summed E-state index contributed by atoms with van der Waals surface area (Å²) in [4.78, 5) is 30.1. The van der Waals surface area contributed by atoms with E-state index in [-0.39, 0.29) is 40.4 Å². The van der Waals surface area contributed by atoms with Gasteiger partial charge in [-0.3, -0.25) is 9.59 Å². The van der Waals surface area contributed by atoms with Crippen LogP contribution in [0.4, 0.5) is 18.9 Å². The van der Waals surface area contributed by atoms with E-state index in [1.54, 1.807) is 4.90 Å². The summed E-state index contributed by atoms with van der Waals surface area (Å²) in [6.07, 6.45) is -2.38. The molecular weight excluding hydrogens is 411 g/mol. The van der Waals surface area contributed by atoms with Crippen molar-refractivity contribution in [3.63, 3.8) is 0 Å². The minimum atomic E-state index is -4.53. The van der Waals surface area contributed by atoms with Crippen LogP contribution in [0.1, 0.15) is 32.8 Å².